The number of benzene rings is 1. The first kappa shape index (κ1) is 16.9. The zero-order valence-electron chi connectivity index (χ0n) is 13.1. The number of fused-ring (bicyclic) bond motifs is 1. The highest BCUT2D eigenvalue weighted by Crippen LogP contribution is 2.38. The van der Waals surface area contributed by atoms with Gasteiger partial charge in [0.2, 0.25) is 0 Å². The minimum absolute atomic E-state index is 0.212. The van der Waals surface area contributed by atoms with Crippen LogP contribution < -0.4 is 10.5 Å². The maximum absolute atomic E-state index is 13.1. The third kappa shape index (κ3) is 3.19. The number of alkyl halides is 3. The lowest BCUT2D eigenvalue weighted by Gasteiger charge is -2.30. The molecule has 1 aromatic carbocycles. The molecule has 132 valence electrons. The van der Waals surface area contributed by atoms with Crippen molar-refractivity contribution in [3.8, 4) is 0 Å². The zero-order chi connectivity index (χ0) is 18.4. The van der Waals surface area contributed by atoms with Crippen molar-refractivity contribution in [2.75, 3.05) is 11.4 Å². The summed E-state index contributed by atoms with van der Waals surface area (Å²) in [6, 6.07) is 4.32. The topological polar surface area (TPSA) is 81.3 Å². The van der Waals surface area contributed by atoms with Gasteiger partial charge in [0.05, 0.1) is 10.6 Å². The lowest BCUT2D eigenvalue weighted by Crippen LogP contribution is -2.34. The first-order valence-corrected chi connectivity index (χ1v) is 7.33. The van der Waals surface area contributed by atoms with Crippen molar-refractivity contribution >= 4 is 11.4 Å². The normalized spacial score (nSPS) is 14.3. The maximum Gasteiger partial charge on any atom is 0.423 e. The van der Waals surface area contributed by atoms with Crippen LogP contribution in [0.25, 0.3) is 0 Å². The minimum atomic E-state index is -4.83. The molecule has 0 bridgehead atoms. The molecule has 0 aliphatic carbocycles. The maximum atomic E-state index is 13.1. The number of hydrogen-bond donors (Lipinski definition) is 0. The van der Waals surface area contributed by atoms with E-state index < -0.39 is 22.4 Å². The number of aromatic nitrogens is 2. The summed E-state index contributed by atoms with van der Waals surface area (Å²) in [5.41, 5.74) is -1.01. The summed E-state index contributed by atoms with van der Waals surface area (Å²) in [4.78, 5) is 23.1. The van der Waals surface area contributed by atoms with Crippen molar-refractivity contribution in [1.29, 1.82) is 0 Å². The van der Waals surface area contributed by atoms with Crippen LogP contribution in [-0.4, -0.2) is 21.2 Å². The highest BCUT2D eigenvalue weighted by Gasteiger charge is 2.39. The van der Waals surface area contributed by atoms with Gasteiger partial charge in [0.1, 0.15) is 5.56 Å². The first-order chi connectivity index (χ1) is 11.7. The largest absolute Gasteiger partial charge is 0.423 e. The Hall–Kier alpha value is -2.91. The van der Waals surface area contributed by atoms with Crippen LogP contribution in [0.15, 0.2) is 29.1 Å². The van der Waals surface area contributed by atoms with Gasteiger partial charge < -0.3 is 4.90 Å². The van der Waals surface area contributed by atoms with E-state index in [2.05, 4.69) is 5.10 Å². The molecule has 1 aliphatic heterocycles. The molecule has 0 atom stereocenters. The number of nitrogens with zero attached hydrogens (tertiary/aromatic N) is 4. The molecule has 3 rings (SSSR count). The molecule has 0 fully saturated rings. The number of hydrogen-bond acceptors (Lipinski definition) is 5. The van der Waals surface area contributed by atoms with Crippen LogP contribution in [0.2, 0.25) is 0 Å². The second-order valence-electron chi connectivity index (χ2n) is 5.71. The lowest BCUT2D eigenvalue weighted by atomic mass is 10.0. The molecular weight excluding hydrogens is 341 g/mol. The van der Waals surface area contributed by atoms with Gasteiger partial charge in [-0.3, -0.25) is 14.9 Å². The van der Waals surface area contributed by atoms with E-state index in [-0.39, 0.29) is 17.8 Å². The SMILES string of the molecule is Cn1nc2c(cc1=O)CN(c1ccc([N+](=O)[O-])c(C(F)(F)F)c1)CC2. The number of nitro benzene ring substituents is 1. The van der Waals surface area contributed by atoms with E-state index in [1.165, 1.54) is 23.9 Å². The number of nitro groups is 1. The Morgan fingerprint density at radius 3 is 2.64 bits per heavy atom. The molecule has 2 heterocycles. The molecular formula is C15H13F3N4O3. The van der Waals surface area contributed by atoms with Crippen molar-refractivity contribution < 1.29 is 18.1 Å². The second-order valence-corrected chi connectivity index (χ2v) is 5.71. The molecule has 0 radical (unpaired) electrons. The summed E-state index contributed by atoms with van der Waals surface area (Å²) < 4.78 is 40.6. The summed E-state index contributed by atoms with van der Waals surface area (Å²) >= 11 is 0. The van der Waals surface area contributed by atoms with Gasteiger partial charge in [-0.25, -0.2) is 4.68 Å². The molecule has 2 aromatic rings. The van der Waals surface area contributed by atoms with Gasteiger partial charge in [-0.15, -0.1) is 0 Å². The van der Waals surface area contributed by atoms with Crippen LogP contribution >= 0.6 is 0 Å². The van der Waals surface area contributed by atoms with Crippen molar-refractivity contribution in [2.45, 2.75) is 19.1 Å². The van der Waals surface area contributed by atoms with Crippen LogP contribution in [0.3, 0.4) is 0 Å². The highest BCUT2D eigenvalue weighted by atomic mass is 19.4. The number of halogens is 3. The second kappa shape index (κ2) is 5.87. The van der Waals surface area contributed by atoms with Crippen molar-refractivity contribution in [1.82, 2.24) is 9.78 Å². The summed E-state index contributed by atoms with van der Waals surface area (Å²) in [6.45, 7) is 0.612. The molecule has 10 heteroatoms. The van der Waals surface area contributed by atoms with Gasteiger partial charge in [-0.1, -0.05) is 0 Å². The number of anilines is 1. The Bertz CT molecular complexity index is 908. The molecule has 0 unspecified atom stereocenters. The van der Waals surface area contributed by atoms with Gasteiger partial charge in [-0.05, 0) is 12.1 Å². The van der Waals surface area contributed by atoms with Gasteiger partial charge in [0.25, 0.3) is 11.2 Å². The predicted molar refractivity (Wildman–Crippen MR) is 82.3 cm³/mol. The van der Waals surface area contributed by atoms with Gasteiger partial charge in [-0.2, -0.15) is 18.3 Å². The van der Waals surface area contributed by atoms with Crippen LogP contribution in [0, 0.1) is 10.1 Å². The quantitative estimate of drug-likeness (QED) is 0.610. The predicted octanol–water partition coefficient (Wildman–Crippen LogP) is 2.27. The van der Waals surface area contributed by atoms with Gasteiger partial charge >= 0.3 is 6.18 Å². The third-order valence-electron chi connectivity index (χ3n) is 4.09. The molecule has 0 amide bonds. The number of rotatable bonds is 2. The van der Waals surface area contributed by atoms with Crippen LogP contribution in [0.4, 0.5) is 24.5 Å². The minimum Gasteiger partial charge on any atom is -0.367 e. The highest BCUT2D eigenvalue weighted by molar-refractivity contribution is 5.57. The van der Waals surface area contributed by atoms with E-state index in [1.807, 2.05) is 0 Å². The molecule has 7 nitrogen and oxygen atoms in total. The first-order valence-electron chi connectivity index (χ1n) is 7.33. The van der Waals surface area contributed by atoms with Gasteiger partial charge in [0.15, 0.2) is 0 Å². The average Bonchev–Trinajstić information content (AvgIpc) is 2.54. The lowest BCUT2D eigenvalue weighted by molar-refractivity contribution is -0.388. The monoisotopic (exact) mass is 354 g/mol. The Balaban J connectivity index is 1.99. The van der Waals surface area contributed by atoms with E-state index in [1.54, 1.807) is 4.90 Å². The van der Waals surface area contributed by atoms with Gasteiger partial charge in [0, 0.05) is 49.9 Å². The van der Waals surface area contributed by atoms with Crippen LogP contribution in [0.5, 0.6) is 0 Å². The Labute approximate surface area is 139 Å². The summed E-state index contributed by atoms with van der Waals surface area (Å²) in [7, 11) is 1.53. The molecule has 1 aliphatic rings. The molecule has 0 spiro atoms. The summed E-state index contributed by atoms with van der Waals surface area (Å²) in [5, 5.41) is 15.0. The fraction of sp³-hybridized carbons (Fsp3) is 0.333. The Kier molecular flexibility index (Phi) is 3.97. The van der Waals surface area contributed by atoms with E-state index >= 15 is 0 Å². The molecule has 25 heavy (non-hydrogen) atoms. The van der Waals surface area contributed by atoms with E-state index in [4.69, 9.17) is 0 Å². The van der Waals surface area contributed by atoms with Crippen LogP contribution in [-0.2, 0) is 26.2 Å². The fourth-order valence-electron chi connectivity index (χ4n) is 2.82. The Morgan fingerprint density at radius 1 is 1.28 bits per heavy atom. The molecule has 0 saturated carbocycles. The average molecular weight is 354 g/mol. The van der Waals surface area contributed by atoms with E-state index in [0.717, 1.165) is 17.8 Å². The summed E-state index contributed by atoms with van der Waals surface area (Å²) in [5.74, 6) is 0. The summed E-state index contributed by atoms with van der Waals surface area (Å²) in [6.07, 6.45) is -4.37. The Morgan fingerprint density at radius 2 is 2.00 bits per heavy atom. The van der Waals surface area contributed by atoms with Crippen molar-refractivity contribution in [2.24, 2.45) is 7.05 Å². The molecule has 0 N–H and O–H groups in total. The molecule has 1 aromatic heterocycles. The fourth-order valence-corrected chi connectivity index (χ4v) is 2.82. The standard InChI is InChI=1S/C15H13F3N4O3/c1-20-14(23)6-9-8-21(5-4-12(9)19-20)10-2-3-13(22(24)25)11(7-10)15(16,17)18/h2-3,6-7H,4-5,8H2,1H3. The zero-order valence-corrected chi connectivity index (χ0v) is 13.1. The smallest absolute Gasteiger partial charge is 0.367 e. The third-order valence-corrected chi connectivity index (χ3v) is 4.09. The molecule has 0 saturated heterocycles. The van der Waals surface area contributed by atoms with E-state index in [0.29, 0.717) is 18.5 Å². The van der Waals surface area contributed by atoms with Crippen LogP contribution in [0.1, 0.15) is 16.8 Å². The van der Waals surface area contributed by atoms with Crippen molar-refractivity contribution in [3.63, 3.8) is 0 Å². The number of aryl methyl sites for hydroxylation is 1. The van der Waals surface area contributed by atoms with Crippen molar-refractivity contribution in [3.05, 3.63) is 61.6 Å². The van der Waals surface area contributed by atoms with E-state index in [9.17, 15) is 28.1 Å².